The van der Waals surface area contributed by atoms with Gasteiger partial charge >= 0.3 is 5.97 Å². The Morgan fingerprint density at radius 2 is 2.00 bits per heavy atom. The molecule has 2 atom stereocenters. The second kappa shape index (κ2) is 9.88. The van der Waals surface area contributed by atoms with Crippen molar-refractivity contribution in [3.63, 3.8) is 0 Å². The van der Waals surface area contributed by atoms with E-state index in [1.54, 1.807) is 26.0 Å². The molecule has 23 heavy (non-hydrogen) atoms. The van der Waals surface area contributed by atoms with Gasteiger partial charge in [0.15, 0.2) is 0 Å². The number of rotatable bonds is 10. The van der Waals surface area contributed by atoms with E-state index in [1.165, 1.54) is 19.2 Å². The lowest BCUT2D eigenvalue weighted by Gasteiger charge is -2.21. The van der Waals surface area contributed by atoms with Crippen molar-refractivity contribution in [2.24, 2.45) is 0 Å². The molecular formula is C15H22N2O6. The molecule has 8 nitrogen and oxygen atoms in total. The number of nitrogens with one attached hydrogen (secondary N) is 1. The number of carbonyl (C=O) groups excluding carboxylic acids is 1. The van der Waals surface area contributed by atoms with E-state index >= 15 is 0 Å². The molecule has 0 aliphatic rings. The van der Waals surface area contributed by atoms with Gasteiger partial charge in [0.1, 0.15) is 6.04 Å². The van der Waals surface area contributed by atoms with Crippen LogP contribution in [0.1, 0.15) is 19.4 Å². The first-order valence-corrected chi connectivity index (χ1v) is 7.29. The fourth-order valence-corrected chi connectivity index (χ4v) is 2.04. The fraction of sp³-hybridized carbons (Fsp3) is 0.533. The van der Waals surface area contributed by atoms with Gasteiger partial charge in [-0.1, -0.05) is 12.1 Å². The molecule has 0 radical (unpaired) electrons. The first kappa shape index (κ1) is 19.0. The Morgan fingerprint density at radius 3 is 2.52 bits per heavy atom. The standard InChI is InChI=1S/C15H22N2O6/c1-4-22-15(18)11(2)16-13(10-23-21-3)9-12-5-7-14(8-6-12)17(19)20/h5-8,11,13,16H,4,9-10H2,1-3H3/t11-,13-/m1/s1. The van der Waals surface area contributed by atoms with Crippen LogP contribution in [0, 0.1) is 10.1 Å². The molecule has 0 amide bonds. The second-order valence-electron chi connectivity index (χ2n) is 4.92. The monoisotopic (exact) mass is 326 g/mol. The fourth-order valence-electron chi connectivity index (χ4n) is 2.04. The minimum absolute atomic E-state index is 0.0336. The number of carbonyl (C=O) groups is 1. The van der Waals surface area contributed by atoms with Crippen LogP contribution >= 0.6 is 0 Å². The summed E-state index contributed by atoms with van der Waals surface area (Å²) in [6.45, 7) is 3.98. The molecular weight excluding hydrogens is 304 g/mol. The second-order valence-corrected chi connectivity index (χ2v) is 4.92. The van der Waals surface area contributed by atoms with Crippen molar-refractivity contribution in [3.8, 4) is 0 Å². The summed E-state index contributed by atoms with van der Waals surface area (Å²) in [7, 11) is 1.40. The molecule has 0 aromatic heterocycles. The summed E-state index contributed by atoms with van der Waals surface area (Å²) >= 11 is 0. The van der Waals surface area contributed by atoms with Crippen LogP contribution in [0.2, 0.25) is 0 Å². The zero-order chi connectivity index (χ0) is 17.2. The number of hydrogen-bond acceptors (Lipinski definition) is 7. The third-order valence-corrected chi connectivity index (χ3v) is 3.14. The van der Waals surface area contributed by atoms with Crippen LogP contribution < -0.4 is 5.32 Å². The molecule has 1 N–H and O–H groups in total. The number of non-ortho nitro benzene ring substituents is 1. The zero-order valence-electron chi connectivity index (χ0n) is 13.5. The summed E-state index contributed by atoms with van der Waals surface area (Å²) < 4.78 is 4.95. The van der Waals surface area contributed by atoms with Crippen LogP contribution in [0.5, 0.6) is 0 Å². The topological polar surface area (TPSA) is 99.9 Å². The molecule has 0 saturated carbocycles. The Labute approximate surface area is 134 Å². The van der Waals surface area contributed by atoms with Gasteiger partial charge in [-0.3, -0.25) is 20.2 Å². The molecule has 1 aromatic carbocycles. The van der Waals surface area contributed by atoms with Crippen LogP contribution in [0.15, 0.2) is 24.3 Å². The van der Waals surface area contributed by atoms with Crippen LogP contribution in [-0.2, 0) is 25.7 Å². The molecule has 1 rings (SSSR count). The molecule has 0 saturated heterocycles. The van der Waals surface area contributed by atoms with Crippen molar-refractivity contribution in [2.45, 2.75) is 32.4 Å². The maximum absolute atomic E-state index is 11.7. The van der Waals surface area contributed by atoms with E-state index in [-0.39, 0.29) is 24.3 Å². The maximum atomic E-state index is 11.7. The van der Waals surface area contributed by atoms with E-state index < -0.39 is 11.0 Å². The van der Waals surface area contributed by atoms with E-state index in [9.17, 15) is 14.9 Å². The third-order valence-electron chi connectivity index (χ3n) is 3.14. The molecule has 0 aliphatic heterocycles. The number of ether oxygens (including phenoxy) is 1. The molecule has 128 valence electrons. The normalized spacial score (nSPS) is 13.3. The lowest BCUT2D eigenvalue weighted by atomic mass is 10.1. The van der Waals surface area contributed by atoms with E-state index in [0.717, 1.165) is 5.56 Å². The van der Waals surface area contributed by atoms with Crippen molar-refractivity contribution in [1.82, 2.24) is 5.32 Å². The number of benzene rings is 1. The number of nitrogens with zero attached hydrogens (tertiary/aromatic N) is 1. The third kappa shape index (κ3) is 6.72. The first-order valence-electron chi connectivity index (χ1n) is 7.29. The van der Waals surface area contributed by atoms with Crippen molar-refractivity contribution in [2.75, 3.05) is 20.3 Å². The van der Waals surface area contributed by atoms with Gasteiger partial charge in [-0.2, -0.15) is 0 Å². The van der Waals surface area contributed by atoms with E-state index in [4.69, 9.17) is 9.62 Å². The largest absolute Gasteiger partial charge is 0.465 e. The Morgan fingerprint density at radius 1 is 1.35 bits per heavy atom. The Balaban J connectivity index is 2.69. The average Bonchev–Trinajstić information content (AvgIpc) is 2.53. The van der Waals surface area contributed by atoms with Crippen LogP contribution in [0.3, 0.4) is 0 Å². The highest BCUT2D eigenvalue weighted by Gasteiger charge is 2.20. The van der Waals surface area contributed by atoms with Crippen molar-refractivity contribution in [3.05, 3.63) is 39.9 Å². The minimum Gasteiger partial charge on any atom is -0.465 e. The lowest BCUT2D eigenvalue weighted by Crippen LogP contribution is -2.45. The van der Waals surface area contributed by atoms with E-state index in [1.807, 2.05) is 0 Å². The predicted molar refractivity (Wildman–Crippen MR) is 82.8 cm³/mol. The summed E-state index contributed by atoms with van der Waals surface area (Å²) in [4.78, 5) is 31.5. The summed E-state index contributed by atoms with van der Waals surface area (Å²) in [5.74, 6) is -0.349. The summed E-state index contributed by atoms with van der Waals surface area (Å²) in [6, 6.07) is 5.52. The molecule has 0 bridgehead atoms. The summed E-state index contributed by atoms with van der Waals surface area (Å²) in [5.41, 5.74) is 0.912. The SMILES string of the molecule is CCOC(=O)[C@@H](C)N[C@@H](COOC)Cc1ccc([N+](=O)[O-])cc1. The highest BCUT2D eigenvalue weighted by molar-refractivity contribution is 5.75. The number of esters is 1. The van der Waals surface area contributed by atoms with Gasteiger partial charge in [0.2, 0.25) is 0 Å². The van der Waals surface area contributed by atoms with Gasteiger partial charge in [-0.15, -0.1) is 0 Å². The molecule has 0 spiro atoms. The van der Waals surface area contributed by atoms with E-state index in [2.05, 4.69) is 10.2 Å². The van der Waals surface area contributed by atoms with Crippen LogP contribution in [0.25, 0.3) is 0 Å². The van der Waals surface area contributed by atoms with Gasteiger partial charge in [0.05, 0.1) is 25.2 Å². The first-order chi connectivity index (χ1) is 11.0. The molecule has 0 unspecified atom stereocenters. The van der Waals surface area contributed by atoms with E-state index in [0.29, 0.717) is 13.0 Å². The van der Waals surface area contributed by atoms with Gasteiger partial charge in [-0.05, 0) is 25.8 Å². The Kier molecular flexibility index (Phi) is 8.17. The predicted octanol–water partition coefficient (Wildman–Crippen LogP) is 1.63. The Hall–Kier alpha value is -2.03. The minimum atomic E-state index is -0.501. The highest BCUT2D eigenvalue weighted by atomic mass is 17.2. The Bertz CT molecular complexity index is 505. The van der Waals surface area contributed by atoms with Crippen molar-refractivity contribution in [1.29, 1.82) is 0 Å². The van der Waals surface area contributed by atoms with Gasteiger partial charge in [0.25, 0.3) is 5.69 Å². The smallest absolute Gasteiger partial charge is 0.322 e. The van der Waals surface area contributed by atoms with Crippen LogP contribution in [-0.4, -0.2) is 43.3 Å². The molecule has 8 heteroatoms. The molecule has 0 heterocycles. The molecule has 0 fully saturated rings. The quantitative estimate of drug-likeness (QED) is 0.302. The lowest BCUT2D eigenvalue weighted by molar-refractivity contribution is -0.384. The van der Waals surface area contributed by atoms with Crippen molar-refractivity contribution >= 4 is 11.7 Å². The highest BCUT2D eigenvalue weighted by Crippen LogP contribution is 2.13. The van der Waals surface area contributed by atoms with Gasteiger partial charge in [0, 0.05) is 18.2 Å². The number of nitro benzene ring substituents is 1. The molecule has 0 aliphatic carbocycles. The number of nitro groups is 1. The van der Waals surface area contributed by atoms with Crippen LogP contribution in [0.4, 0.5) is 5.69 Å². The summed E-state index contributed by atoms with van der Waals surface area (Å²) in [6.07, 6.45) is 0.519. The maximum Gasteiger partial charge on any atom is 0.322 e. The summed E-state index contributed by atoms with van der Waals surface area (Å²) in [5, 5.41) is 13.8. The van der Waals surface area contributed by atoms with Crippen molar-refractivity contribution < 1.29 is 24.2 Å². The zero-order valence-corrected chi connectivity index (χ0v) is 13.5. The average molecular weight is 326 g/mol. The number of hydrogen-bond donors (Lipinski definition) is 1. The molecule has 1 aromatic rings. The van der Waals surface area contributed by atoms with Gasteiger partial charge < -0.3 is 4.74 Å². The van der Waals surface area contributed by atoms with Gasteiger partial charge in [-0.25, -0.2) is 9.78 Å².